The average Bonchev–Trinajstić information content (AvgIpc) is 2.11. The van der Waals surface area contributed by atoms with Crippen molar-refractivity contribution < 1.29 is 19.4 Å². The van der Waals surface area contributed by atoms with Gasteiger partial charge in [0, 0.05) is 5.41 Å². The molecule has 82 valence electrons. The van der Waals surface area contributed by atoms with Gasteiger partial charge in [0.25, 0.3) is 0 Å². The molecule has 2 fully saturated rings. The Hall–Kier alpha value is -0.450. The second-order valence-corrected chi connectivity index (χ2v) is 4.73. The van der Waals surface area contributed by atoms with Crippen molar-refractivity contribution in [1.29, 1.82) is 0 Å². The molecule has 1 N–H and O–H groups in total. The number of rotatable bonds is 2. The van der Waals surface area contributed by atoms with Crippen molar-refractivity contribution in [2.45, 2.75) is 13.8 Å². The Labute approximate surface area is 84.2 Å². The average molecular weight is 202 g/mol. The summed E-state index contributed by atoms with van der Waals surface area (Å²) >= 11 is 0. The van der Waals surface area contributed by atoms with Crippen LogP contribution in [-0.4, -0.2) is 44.4 Å². The third-order valence-corrected chi connectivity index (χ3v) is 2.43. The minimum atomic E-state index is -0.139. The fourth-order valence-corrected chi connectivity index (χ4v) is 1.03. The van der Waals surface area contributed by atoms with Crippen LogP contribution in [0.1, 0.15) is 13.8 Å². The van der Waals surface area contributed by atoms with Gasteiger partial charge in [0.05, 0.1) is 38.4 Å². The highest BCUT2D eigenvalue weighted by molar-refractivity contribution is 5.60. The fraction of sp³-hybridized carbons (Fsp3) is 0.900. The molecule has 2 heterocycles. The molecule has 2 rings (SSSR count). The van der Waals surface area contributed by atoms with Crippen LogP contribution in [0.15, 0.2) is 0 Å². The summed E-state index contributed by atoms with van der Waals surface area (Å²) in [6.07, 6.45) is 0.955. The van der Waals surface area contributed by atoms with Gasteiger partial charge in [-0.1, -0.05) is 6.92 Å². The van der Waals surface area contributed by atoms with Gasteiger partial charge >= 0.3 is 0 Å². The Morgan fingerprint density at radius 3 is 1.71 bits per heavy atom. The largest absolute Gasteiger partial charge is 0.396 e. The number of aliphatic hydroxyl groups excluding tert-OH is 1. The van der Waals surface area contributed by atoms with E-state index in [-0.39, 0.29) is 17.4 Å². The van der Waals surface area contributed by atoms with E-state index in [4.69, 9.17) is 14.6 Å². The molecule has 4 heteroatoms. The maximum Gasteiger partial charge on any atom is 0.130 e. The van der Waals surface area contributed by atoms with Crippen LogP contribution in [0, 0.1) is 10.8 Å². The van der Waals surface area contributed by atoms with Crippen LogP contribution in [0.2, 0.25) is 0 Å². The standard InChI is InChI=1S/C5H10O2.C5H8O2/c2*1-5(2-6)3-7-4-5/h6H,2-4H2,1H3;2H,3-4H2,1H3. The third-order valence-electron chi connectivity index (χ3n) is 2.43. The molecular weight excluding hydrogens is 184 g/mol. The van der Waals surface area contributed by atoms with Gasteiger partial charge in [0.2, 0.25) is 0 Å². The van der Waals surface area contributed by atoms with Crippen LogP contribution in [0.3, 0.4) is 0 Å². The summed E-state index contributed by atoms with van der Waals surface area (Å²) in [6.45, 7) is 6.83. The van der Waals surface area contributed by atoms with Crippen LogP contribution in [0.25, 0.3) is 0 Å². The maximum atomic E-state index is 10.0. The number of aliphatic hydroxyl groups is 1. The van der Waals surface area contributed by atoms with Crippen molar-refractivity contribution >= 4 is 6.29 Å². The quantitative estimate of drug-likeness (QED) is 0.652. The molecule has 14 heavy (non-hydrogen) atoms. The van der Waals surface area contributed by atoms with Gasteiger partial charge in [0.15, 0.2) is 0 Å². The summed E-state index contributed by atoms with van der Waals surface area (Å²) < 4.78 is 9.67. The Morgan fingerprint density at radius 2 is 1.71 bits per heavy atom. The first-order chi connectivity index (χ1) is 6.54. The van der Waals surface area contributed by atoms with E-state index in [1.54, 1.807) is 0 Å². The SMILES string of the molecule is CC1(C=O)COC1.CC1(CO)COC1. The second-order valence-electron chi connectivity index (χ2n) is 4.73. The lowest BCUT2D eigenvalue weighted by Crippen LogP contribution is -2.42. The number of aldehydes is 1. The second kappa shape index (κ2) is 4.38. The van der Waals surface area contributed by atoms with E-state index in [2.05, 4.69) is 0 Å². The van der Waals surface area contributed by atoms with Crippen molar-refractivity contribution in [3.8, 4) is 0 Å². The first-order valence-corrected chi connectivity index (χ1v) is 4.76. The third kappa shape index (κ3) is 2.77. The minimum Gasteiger partial charge on any atom is -0.396 e. The van der Waals surface area contributed by atoms with Gasteiger partial charge < -0.3 is 19.4 Å². The molecule has 0 saturated carbocycles. The molecule has 0 unspecified atom stereocenters. The predicted molar refractivity (Wildman–Crippen MR) is 51.0 cm³/mol. The zero-order valence-electron chi connectivity index (χ0n) is 8.78. The lowest BCUT2D eigenvalue weighted by molar-refractivity contribution is -0.141. The molecule has 2 aliphatic rings. The zero-order chi connectivity index (χ0) is 10.7. The molecule has 0 bridgehead atoms. The number of carbonyl (C=O) groups is 1. The summed E-state index contributed by atoms with van der Waals surface area (Å²) in [5, 5.41) is 8.57. The number of carbonyl (C=O) groups excluding carboxylic acids is 1. The van der Waals surface area contributed by atoms with Gasteiger partial charge in [-0.05, 0) is 6.92 Å². The molecular formula is C10H18O4. The highest BCUT2D eigenvalue weighted by Gasteiger charge is 2.32. The van der Waals surface area contributed by atoms with E-state index in [0.717, 1.165) is 19.5 Å². The molecule has 0 amide bonds. The number of hydrogen-bond donors (Lipinski definition) is 1. The molecule has 4 nitrogen and oxygen atoms in total. The maximum absolute atomic E-state index is 10.0. The van der Waals surface area contributed by atoms with Crippen molar-refractivity contribution in [2.24, 2.45) is 10.8 Å². The summed E-state index contributed by atoms with van der Waals surface area (Å²) in [7, 11) is 0. The predicted octanol–water partition coefficient (Wildman–Crippen LogP) is 0.237. The van der Waals surface area contributed by atoms with Crippen LogP contribution in [0.4, 0.5) is 0 Å². The summed E-state index contributed by atoms with van der Waals surface area (Å²) in [5.41, 5.74) is -0.0417. The zero-order valence-corrected chi connectivity index (χ0v) is 8.78. The number of ether oxygens (including phenoxy) is 2. The summed E-state index contributed by atoms with van der Waals surface area (Å²) in [6, 6.07) is 0. The van der Waals surface area contributed by atoms with Crippen molar-refractivity contribution in [3.63, 3.8) is 0 Å². The van der Waals surface area contributed by atoms with Gasteiger partial charge in [-0.25, -0.2) is 0 Å². The van der Waals surface area contributed by atoms with E-state index in [1.165, 1.54) is 0 Å². The Morgan fingerprint density at radius 1 is 1.21 bits per heavy atom. The normalized spacial score (nSPS) is 26.2. The van der Waals surface area contributed by atoms with E-state index in [1.807, 2.05) is 13.8 Å². The molecule has 2 aliphatic heterocycles. The molecule has 0 aliphatic carbocycles. The summed E-state index contributed by atoms with van der Waals surface area (Å²) in [4.78, 5) is 10.0. The molecule has 0 aromatic carbocycles. The van der Waals surface area contributed by atoms with Gasteiger partial charge in [-0.3, -0.25) is 0 Å². The Bertz CT molecular complexity index is 189. The first kappa shape index (κ1) is 11.6. The smallest absolute Gasteiger partial charge is 0.130 e. The highest BCUT2D eigenvalue weighted by atomic mass is 16.5. The van der Waals surface area contributed by atoms with E-state index >= 15 is 0 Å². The topological polar surface area (TPSA) is 55.8 Å². The van der Waals surface area contributed by atoms with E-state index in [9.17, 15) is 4.79 Å². The van der Waals surface area contributed by atoms with Crippen molar-refractivity contribution in [1.82, 2.24) is 0 Å². The van der Waals surface area contributed by atoms with Crippen molar-refractivity contribution in [3.05, 3.63) is 0 Å². The lowest BCUT2D eigenvalue weighted by atomic mass is 9.90. The van der Waals surface area contributed by atoms with Crippen molar-refractivity contribution in [2.75, 3.05) is 33.0 Å². The van der Waals surface area contributed by atoms with E-state index in [0.29, 0.717) is 13.2 Å². The monoisotopic (exact) mass is 202 g/mol. The van der Waals surface area contributed by atoms with Crippen LogP contribution in [-0.2, 0) is 14.3 Å². The summed E-state index contributed by atoms with van der Waals surface area (Å²) in [5.74, 6) is 0. The van der Waals surface area contributed by atoms with Gasteiger partial charge in [-0.2, -0.15) is 0 Å². The lowest BCUT2D eigenvalue weighted by Gasteiger charge is -2.35. The van der Waals surface area contributed by atoms with Gasteiger partial charge in [0.1, 0.15) is 6.29 Å². The highest BCUT2D eigenvalue weighted by Crippen LogP contribution is 2.24. The molecule has 0 aromatic heterocycles. The minimum absolute atomic E-state index is 0.0972. The van der Waals surface area contributed by atoms with Crippen LogP contribution < -0.4 is 0 Å². The van der Waals surface area contributed by atoms with Crippen LogP contribution >= 0.6 is 0 Å². The fourth-order valence-electron chi connectivity index (χ4n) is 1.03. The molecule has 0 spiro atoms. The molecule has 2 saturated heterocycles. The Kier molecular flexibility index (Phi) is 3.64. The molecule has 0 aromatic rings. The van der Waals surface area contributed by atoms with E-state index < -0.39 is 0 Å². The molecule has 0 radical (unpaired) electrons. The van der Waals surface area contributed by atoms with Gasteiger partial charge in [-0.15, -0.1) is 0 Å². The Balaban J connectivity index is 0.000000140. The first-order valence-electron chi connectivity index (χ1n) is 4.76. The van der Waals surface area contributed by atoms with Crippen LogP contribution in [0.5, 0.6) is 0 Å². The molecule has 0 atom stereocenters. The number of hydrogen-bond acceptors (Lipinski definition) is 4.